The Balaban J connectivity index is 1.50. The number of hydrazine groups is 1. The van der Waals surface area contributed by atoms with Crippen molar-refractivity contribution in [2.24, 2.45) is 17.6 Å². The fourth-order valence-electron chi connectivity index (χ4n) is 4.39. The molecule has 0 radical (unpaired) electrons. The number of nitrogens with one attached hydrogen (secondary N) is 3. The van der Waals surface area contributed by atoms with Crippen molar-refractivity contribution in [1.82, 2.24) is 21.1 Å². The Bertz CT molecular complexity index is 580. The SMILES string of the molecule is C[C@H](c1ccccc1)N1CC2CC3C(N)NNC3CC2NC1=O. The van der Waals surface area contributed by atoms with Gasteiger partial charge >= 0.3 is 6.03 Å². The zero-order chi connectivity index (χ0) is 16.0. The summed E-state index contributed by atoms with van der Waals surface area (Å²) >= 11 is 0. The molecule has 1 aliphatic carbocycles. The highest BCUT2D eigenvalue weighted by atomic mass is 16.2. The van der Waals surface area contributed by atoms with Crippen molar-refractivity contribution in [3.05, 3.63) is 35.9 Å². The van der Waals surface area contributed by atoms with E-state index < -0.39 is 0 Å². The number of fused-ring (bicyclic) bond motifs is 2. The number of nitrogens with two attached hydrogens (primary N) is 1. The van der Waals surface area contributed by atoms with Crippen LogP contribution >= 0.6 is 0 Å². The molecule has 0 spiro atoms. The number of rotatable bonds is 2. The van der Waals surface area contributed by atoms with Crippen molar-refractivity contribution in [2.45, 2.75) is 44.1 Å². The van der Waals surface area contributed by atoms with E-state index in [1.807, 2.05) is 23.1 Å². The minimum atomic E-state index is 0.0126. The first kappa shape index (κ1) is 14.9. The molecule has 2 heterocycles. The van der Waals surface area contributed by atoms with Gasteiger partial charge in [0.05, 0.1) is 12.2 Å². The van der Waals surface area contributed by atoms with Crippen LogP contribution in [0.1, 0.15) is 31.4 Å². The highest BCUT2D eigenvalue weighted by molar-refractivity contribution is 5.76. The normalized spacial score (nSPS) is 37.7. The Morgan fingerprint density at radius 1 is 1.17 bits per heavy atom. The van der Waals surface area contributed by atoms with Gasteiger partial charge in [0.15, 0.2) is 0 Å². The third-order valence-electron chi connectivity index (χ3n) is 5.82. The first-order valence-corrected chi connectivity index (χ1v) is 8.52. The topological polar surface area (TPSA) is 82.4 Å². The molecule has 6 atom stereocenters. The van der Waals surface area contributed by atoms with E-state index in [9.17, 15) is 4.79 Å². The van der Waals surface area contributed by atoms with Gasteiger partial charge in [-0.3, -0.25) is 5.43 Å². The van der Waals surface area contributed by atoms with Gasteiger partial charge in [-0.15, -0.1) is 0 Å². The lowest BCUT2D eigenvalue weighted by Gasteiger charge is -2.47. The molecule has 6 heteroatoms. The summed E-state index contributed by atoms with van der Waals surface area (Å²) in [6.45, 7) is 2.91. The molecule has 1 saturated carbocycles. The van der Waals surface area contributed by atoms with Crippen molar-refractivity contribution in [1.29, 1.82) is 0 Å². The van der Waals surface area contributed by atoms with E-state index in [1.54, 1.807) is 0 Å². The fourth-order valence-corrected chi connectivity index (χ4v) is 4.39. The second-order valence-electron chi connectivity index (χ2n) is 7.11. The maximum atomic E-state index is 12.6. The van der Waals surface area contributed by atoms with Gasteiger partial charge in [0.2, 0.25) is 0 Å². The van der Waals surface area contributed by atoms with Crippen molar-refractivity contribution >= 4 is 6.03 Å². The Labute approximate surface area is 136 Å². The molecule has 2 saturated heterocycles. The van der Waals surface area contributed by atoms with Crippen LogP contribution in [0.25, 0.3) is 0 Å². The molecule has 5 N–H and O–H groups in total. The lowest BCUT2D eigenvalue weighted by Crippen LogP contribution is -2.61. The monoisotopic (exact) mass is 315 g/mol. The predicted molar refractivity (Wildman–Crippen MR) is 88.1 cm³/mol. The molecule has 0 aromatic heterocycles. The molecular formula is C17H25N5O. The van der Waals surface area contributed by atoms with Gasteiger partial charge in [-0.05, 0) is 31.2 Å². The van der Waals surface area contributed by atoms with Gasteiger partial charge in [-0.1, -0.05) is 30.3 Å². The van der Waals surface area contributed by atoms with Crippen LogP contribution in [0.4, 0.5) is 4.79 Å². The van der Waals surface area contributed by atoms with Crippen LogP contribution in [0.3, 0.4) is 0 Å². The number of amides is 2. The number of benzene rings is 1. The van der Waals surface area contributed by atoms with Gasteiger partial charge < -0.3 is 16.0 Å². The number of carbonyl (C=O) groups excluding carboxylic acids is 1. The van der Waals surface area contributed by atoms with E-state index in [1.165, 1.54) is 5.56 Å². The Kier molecular flexibility index (Phi) is 3.75. The first-order chi connectivity index (χ1) is 11.1. The van der Waals surface area contributed by atoms with Crippen LogP contribution in [0.2, 0.25) is 0 Å². The summed E-state index contributed by atoms with van der Waals surface area (Å²) in [6.07, 6.45) is 2.02. The average molecular weight is 315 g/mol. The Morgan fingerprint density at radius 3 is 2.74 bits per heavy atom. The summed E-state index contributed by atoms with van der Waals surface area (Å²) in [4.78, 5) is 14.5. The highest BCUT2D eigenvalue weighted by Crippen LogP contribution is 2.37. The van der Waals surface area contributed by atoms with Gasteiger partial charge in [-0.2, -0.15) is 0 Å². The second-order valence-corrected chi connectivity index (χ2v) is 7.11. The van der Waals surface area contributed by atoms with E-state index in [0.717, 1.165) is 19.4 Å². The third kappa shape index (κ3) is 2.60. The number of nitrogens with zero attached hydrogens (tertiary/aromatic N) is 1. The van der Waals surface area contributed by atoms with E-state index in [2.05, 4.69) is 35.2 Å². The van der Waals surface area contributed by atoms with Crippen LogP contribution in [0, 0.1) is 11.8 Å². The zero-order valence-electron chi connectivity index (χ0n) is 13.4. The summed E-state index contributed by atoms with van der Waals surface area (Å²) in [5.41, 5.74) is 13.7. The summed E-state index contributed by atoms with van der Waals surface area (Å²) < 4.78 is 0. The van der Waals surface area contributed by atoms with E-state index in [-0.39, 0.29) is 24.3 Å². The molecular weight excluding hydrogens is 290 g/mol. The quantitative estimate of drug-likeness (QED) is 0.654. The second kappa shape index (κ2) is 5.78. The minimum absolute atomic E-state index is 0.0126. The Morgan fingerprint density at radius 2 is 1.96 bits per heavy atom. The summed E-state index contributed by atoms with van der Waals surface area (Å²) in [5, 5.41) is 3.22. The first-order valence-electron chi connectivity index (χ1n) is 8.52. The van der Waals surface area contributed by atoms with E-state index in [4.69, 9.17) is 5.73 Å². The van der Waals surface area contributed by atoms with Gasteiger partial charge in [0.1, 0.15) is 0 Å². The molecule has 0 bridgehead atoms. The zero-order valence-corrected chi connectivity index (χ0v) is 13.4. The molecule has 124 valence electrons. The summed E-state index contributed by atoms with van der Waals surface area (Å²) in [6, 6.07) is 11.0. The molecule has 5 unspecified atom stereocenters. The summed E-state index contributed by atoms with van der Waals surface area (Å²) in [7, 11) is 0. The van der Waals surface area contributed by atoms with Crippen LogP contribution in [-0.2, 0) is 0 Å². The number of urea groups is 1. The van der Waals surface area contributed by atoms with Gasteiger partial charge in [0.25, 0.3) is 0 Å². The minimum Gasteiger partial charge on any atom is -0.335 e. The van der Waals surface area contributed by atoms with Gasteiger partial charge in [0, 0.05) is 24.5 Å². The van der Waals surface area contributed by atoms with Crippen LogP contribution in [-0.4, -0.2) is 35.7 Å². The molecule has 1 aromatic carbocycles. The largest absolute Gasteiger partial charge is 0.335 e. The molecule has 23 heavy (non-hydrogen) atoms. The molecule has 2 amide bonds. The lowest BCUT2D eigenvalue weighted by atomic mass is 9.73. The molecule has 2 aliphatic heterocycles. The Hall–Kier alpha value is -1.63. The maximum absolute atomic E-state index is 12.6. The standard InChI is InChI=1S/C17H25N5O/c1-10(11-5-3-2-4-6-11)22-9-12-7-13-15(20-21-16(13)18)8-14(12)19-17(22)23/h2-6,10,12-16,20-21H,7-9,18H2,1H3,(H,19,23)/t10-,12?,13?,14?,15?,16?/m1/s1. The van der Waals surface area contributed by atoms with Crippen LogP contribution in [0.5, 0.6) is 0 Å². The van der Waals surface area contributed by atoms with Crippen molar-refractivity contribution in [2.75, 3.05) is 6.54 Å². The number of hydrogen-bond donors (Lipinski definition) is 4. The molecule has 3 aliphatic rings. The van der Waals surface area contributed by atoms with Crippen molar-refractivity contribution in [3.63, 3.8) is 0 Å². The summed E-state index contributed by atoms with van der Waals surface area (Å²) in [5.74, 6) is 0.910. The van der Waals surface area contributed by atoms with Gasteiger partial charge in [-0.25, -0.2) is 10.2 Å². The van der Waals surface area contributed by atoms with Crippen LogP contribution in [0.15, 0.2) is 30.3 Å². The van der Waals surface area contributed by atoms with E-state index in [0.29, 0.717) is 17.9 Å². The average Bonchev–Trinajstić information content (AvgIpc) is 2.93. The highest BCUT2D eigenvalue weighted by Gasteiger charge is 2.47. The number of hydrogen-bond acceptors (Lipinski definition) is 4. The maximum Gasteiger partial charge on any atom is 0.318 e. The smallest absolute Gasteiger partial charge is 0.318 e. The molecule has 6 nitrogen and oxygen atoms in total. The molecule has 4 rings (SSSR count). The fraction of sp³-hybridized carbons (Fsp3) is 0.588. The number of carbonyl (C=O) groups is 1. The van der Waals surface area contributed by atoms with Crippen LogP contribution < -0.4 is 21.9 Å². The van der Waals surface area contributed by atoms with Crippen molar-refractivity contribution in [3.8, 4) is 0 Å². The molecule has 3 fully saturated rings. The molecule has 1 aromatic rings. The van der Waals surface area contributed by atoms with Crippen molar-refractivity contribution < 1.29 is 4.79 Å². The third-order valence-corrected chi connectivity index (χ3v) is 5.82. The predicted octanol–water partition coefficient (Wildman–Crippen LogP) is 0.929. The lowest BCUT2D eigenvalue weighted by molar-refractivity contribution is 0.0839. The van der Waals surface area contributed by atoms with E-state index >= 15 is 0 Å².